The first-order chi connectivity index (χ1) is 24.1. The maximum atomic E-state index is 16.4. The van der Waals surface area contributed by atoms with Crippen LogP contribution in [0, 0.1) is 11.7 Å². The molecule has 0 atom stereocenters. The molecule has 1 aliphatic rings. The topological polar surface area (TPSA) is 105 Å². The second-order valence-electron chi connectivity index (χ2n) is 11.6. The van der Waals surface area contributed by atoms with Crippen molar-refractivity contribution in [2.24, 2.45) is 11.7 Å². The molecule has 7 nitrogen and oxygen atoms in total. The summed E-state index contributed by atoms with van der Waals surface area (Å²) >= 11 is 0. The minimum absolute atomic E-state index is 0.0584. The fourth-order valence-electron chi connectivity index (χ4n) is 5.78. The maximum absolute atomic E-state index is 16.4. The van der Waals surface area contributed by atoms with Gasteiger partial charge in [0.05, 0.1) is 29.1 Å². The van der Waals surface area contributed by atoms with E-state index in [0.29, 0.717) is 51.7 Å². The standard InChI is InChI=1S/C36H39F2N7.C3H4.C2H6/c1-6-31(39)33(34(38)21(2)27-15-29(18-41-17-27)43-23(4)25-10-8-7-9-11-25)22(3)36-44-32-20-42-19-30(35(32)45-36)26-12-24(16-40-5)13-28(37)14-26;1-3-2;1-2/h6,12-15,17-20,25,40,43H,2-4,7-11,16,39H2,1,5H3,(H,44,45);1-2H2;1-2H3/b31-6+,34-33+;;. The Balaban J connectivity index is 0.00000128. The second kappa shape index (κ2) is 19.0. The van der Waals surface area contributed by atoms with Gasteiger partial charge in [-0.25, -0.2) is 13.8 Å². The number of anilines is 1. The lowest BCUT2D eigenvalue weighted by molar-refractivity contribution is 0.405. The number of rotatable bonds is 11. The van der Waals surface area contributed by atoms with E-state index in [1.807, 2.05) is 19.9 Å². The lowest BCUT2D eigenvalue weighted by atomic mass is 9.87. The third-order valence-electron chi connectivity index (χ3n) is 8.20. The number of nitrogens with one attached hydrogen (secondary N) is 3. The van der Waals surface area contributed by atoms with Crippen molar-refractivity contribution in [2.75, 3.05) is 12.4 Å². The number of H-pyrrole nitrogens is 1. The molecule has 9 heteroatoms. The highest BCUT2D eigenvalue weighted by molar-refractivity contribution is 5.95. The molecule has 0 bridgehead atoms. The van der Waals surface area contributed by atoms with Crippen molar-refractivity contribution < 1.29 is 8.78 Å². The molecular weight excluding hydrogens is 628 g/mol. The highest BCUT2D eigenvalue weighted by Crippen LogP contribution is 2.37. The Morgan fingerprint density at radius 3 is 2.34 bits per heavy atom. The Labute approximate surface area is 295 Å². The Morgan fingerprint density at radius 2 is 1.68 bits per heavy atom. The highest BCUT2D eigenvalue weighted by Gasteiger charge is 2.22. The first-order valence-electron chi connectivity index (χ1n) is 16.8. The molecule has 1 fully saturated rings. The van der Waals surface area contributed by atoms with Gasteiger partial charge in [0, 0.05) is 58.2 Å². The van der Waals surface area contributed by atoms with Crippen LogP contribution < -0.4 is 16.4 Å². The Bertz CT molecular complexity index is 1920. The number of imidazole rings is 1. The van der Waals surface area contributed by atoms with Gasteiger partial charge >= 0.3 is 0 Å². The fourth-order valence-corrected chi connectivity index (χ4v) is 5.78. The summed E-state index contributed by atoms with van der Waals surface area (Å²) in [5, 5.41) is 6.41. The smallest absolute Gasteiger partial charge is 0.140 e. The average molecular weight is 678 g/mol. The zero-order valence-electron chi connectivity index (χ0n) is 29.7. The van der Waals surface area contributed by atoms with Gasteiger partial charge in [-0.15, -0.1) is 5.73 Å². The van der Waals surface area contributed by atoms with E-state index in [-0.39, 0.29) is 28.2 Å². The van der Waals surface area contributed by atoms with Gasteiger partial charge in [0.1, 0.15) is 17.5 Å². The first kappa shape index (κ1) is 39.1. The number of aromatic amines is 1. The van der Waals surface area contributed by atoms with Gasteiger partial charge in [-0.3, -0.25) is 9.97 Å². The number of hydrogen-bond donors (Lipinski definition) is 4. The van der Waals surface area contributed by atoms with Gasteiger partial charge in [-0.05, 0) is 68.1 Å². The van der Waals surface area contributed by atoms with Crippen LogP contribution in [0.25, 0.3) is 33.3 Å². The zero-order chi connectivity index (χ0) is 36.8. The Morgan fingerprint density at radius 1 is 1.00 bits per heavy atom. The summed E-state index contributed by atoms with van der Waals surface area (Å²) in [7, 11) is 1.80. The number of aromatic nitrogens is 4. The molecular formula is C41H49F2N7. The molecule has 0 aliphatic heterocycles. The molecule has 3 heterocycles. The number of benzene rings is 1. The molecule has 1 aromatic carbocycles. The molecule has 262 valence electrons. The Kier molecular flexibility index (Phi) is 14.8. The summed E-state index contributed by atoms with van der Waals surface area (Å²) in [6.07, 6.45) is 13.9. The summed E-state index contributed by atoms with van der Waals surface area (Å²) in [4.78, 5) is 16.6. The zero-order valence-corrected chi connectivity index (χ0v) is 29.7. The third-order valence-corrected chi connectivity index (χ3v) is 8.20. The lowest BCUT2D eigenvalue weighted by Gasteiger charge is -2.24. The number of nitrogens with zero attached hydrogens (tertiary/aromatic N) is 3. The molecule has 50 heavy (non-hydrogen) atoms. The maximum Gasteiger partial charge on any atom is 0.140 e. The fraction of sp³-hybridized carbons (Fsp3) is 0.268. The highest BCUT2D eigenvalue weighted by atomic mass is 19.1. The van der Waals surface area contributed by atoms with E-state index < -0.39 is 5.83 Å². The number of fused-ring (bicyclic) bond motifs is 1. The lowest BCUT2D eigenvalue weighted by Crippen LogP contribution is -2.14. The van der Waals surface area contributed by atoms with Crippen LogP contribution in [0.2, 0.25) is 0 Å². The second-order valence-corrected chi connectivity index (χ2v) is 11.6. The number of pyridine rings is 2. The van der Waals surface area contributed by atoms with Gasteiger partial charge in [0.2, 0.25) is 0 Å². The molecule has 0 saturated heterocycles. The van der Waals surface area contributed by atoms with Crippen molar-refractivity contribution in [3.8, 4) is 11.1 Å². The van der Waals surface area contributed by atoms with E-state index in [1.165, 1.54) is 31.4 Å². The molecule has 0 spiro atoms. The van der Waals surface area contributed by atoms with Gasteiger partial charge in [0.15, 0.2) is 0 Å². The molecule has 0 amide bonds. The molecule has 5 N–H and O–H groups in total. The van der Waals surface area contributed by atoms with Crippen molar-refractivity contribution in [2.45, 2.75) is 59.4 Å². The Hall–Kier alpha value is -5.37. The first-order valence-corrected chi connectivity index (χ1v) is 16.8. The van der Waals surface area contributed by atoms with E-state index in [2.05, 4.69) is 64.2 Å². The van der Waals surface area contributed by atoms with Gasteiger partial charge < -0.3 is 21.4 Å². The molecule has 1 saturated carbocycles. The van der Waals surface area contributed by atoms with Gasteiger partial charge in [-0.1, -0.05) is 72.1 Å². The third kappa shape index (κ3) is 9.62. The number of nitrogens with two attached hydrogens (primary N) is 1. The van der Waals surface area contributed by atoms with Gasteiger partial charge in [0.25, 0.3) is 0 Å². The predicted octanol–water partition coefficient (Wildman–Crippen LogP) is 10.2. The van der Waals surface area contributed by atoms with Crippen LogP contribution >= 0.6 is 0 Å². The molecule has 0 radical (unpaired) electrons. The van der Waals surface area contributed by atoms with Crippen molar-refractivity contribution in [1.29, 1.82) is 0 Å². The van der Waals surface area contributed by atoms with Crippen LogP contribution in [0.4, 0.5) is 14.5 Å². The van der Waals surface area contributed by atoms with Crippen LogP contribution in [0.15, 0.2) is 117 Å². The molecule has 3 aromatic heterocycles. The van der Waals surface area contributed by atoms with E-state index in [0.717, 1.165) is 24.1 Å². The summed E-state index contributed by atoms with van der Waals surface area (Å²) in [5.74, 6) is -0.316. The van der Waals surface area contributed by atoms with Crippen LogP contribution in [0.5, 0.6) is 0 Å². The number of hydrogen-bond acceptors (Lipinski definition) is 6. The van der Waals surface area contributed by atoms with Crippen molar-refractivity contribution in [3.63, 3.8) is 0 Å². The van der Waals surface area contributed by atoms with Gasteiger partial charge in [-0.2, -0.15) is 0 Å². The quantitative estimate of drug-likeness (QED) is 0.0930. The molecule has 1 aliphatic carbocycles. The number of allylic oxidation sites excluding steroid dienone is 5. The van der Waals surface area contributed by atoms with Crippen LogP contribution in [-0.2, 0) is 6.54 Å². The van der Waals surface area contributed by atoms with E-state index >= 15 is 4.39 Å². The monoisotopic (exact) mass is 677 g/mol. The average Bonchev–Trinajstić information content (AvgIpc) is 3.58. The minimum atomic E-state index is -0.652. The van der Waals surface area contributed by atoms with E-state index in [9.17, 15) is 4.39 Å². The van der Waals surface area contributed by atoms with E-state index in [4.69, 9.17) is 10.7 Å². The SMILES string of the molecule is C=C(/C(F)=C(C(=C)c1nc2c(-c3cc(F)cc(CNC)c3)cncc2[nH]1)\C(N)=C/C)c1cncc(NC(=C)C2CCCCC2)c1.C=C=C.CC. The predicted molar refractivity (Wildman–Crippen MR) is 206 cm³/mol. The summed E-state index contributed by atoms with van der Waals surface area (Å²) in [6, 6.07) is 6.60. The minimum Gasteiger partial charge on any atom is -0.398 e. The number of halogens is 2. The van der Waals surface area contributed by atoms with Crippen LogP contribution in [0.1, 0.15) is 69.8 Å². The normalized spacial score (nSPS) is 13.5. The largest absolute Gasteiger partial charge is 0.398 e. The van der Waals surface area contributed by atoms with Crippen molar-refractivity contribution in [1.82, 2.24) is 25.3 Å². The van der Waals surface area contributed by atoms with Crippen molar-refractivity contribution in [3.05, 3.63) is 139 Å². The van der Waals surface area contributed by atoms with Crippen molar-refractivity contribution >= 4 is 27.9 Å². The van der Waals surface area contributed by atoms with Crippen LogP contribution in [-0.4, -0.2) is 27.0 Å². The summed E-state index contributed by atoms with van der Waals surface area (Å²) < 4.78 is 30.9. The molecule has 0 unspecified atom stereocenters. The van der Waals surface area contributed by atoms with E-state index in [1.54, 1.807) is 50.9 Å². The van der Waals surface area contributed by atoms with Crippen LogP contribution in [0.3, 0.4) is 0 Å². The molecule has 5 rings (SSSR count). The summed E-state index contributed by atoms with van der Waals surface area (Å²) in [5.41, 5.74) is 14.5. The molecule has 4 aromatic rings. The summed E-state index contributed by atoms with van der Waals surface area (Å²) in [6.45, 7) is 24.9.